The number of hydrogen-bond donors (Lipinski definition) is 0. The molecule has 6 nitrogen and oxygen atoms in total. The van der Waals surface area contributed by atoms with Crippen molar-refractivity contribution in [2.75, 3.05) is 39.6 Å². The molecule has 0 atom stereocenters. The first kappa shape index (κ1) is 54.2. The Morgan fingerprint density at radius 2 is 0.683 bits per heavy atom. The minimum absolute atomic E-state index is 0.768. The Hall–Kier alpha value is -3.84. The van der Waals surface area contributed by atoms with Crippen molar-refractivity contribution in [3.63, 3.8) is 0 Å². The first-order valence-electron chi connectivity index (χ1n) is 22.8. The van der Waals surface area contributed by atoms with Crippen LogP contribution in [0.3, 0.4) is 0 Å². The zero-order chi connectivity index (χ0) is 44.4. The molecule has 0 radical (unpaired) electrons. The number of aryl methyl sites for hydroxylation is 5. The molecule has 4 aromatic rings. The van der Waals surface area contributed by atoms with Crippen molar-refractivity contribution >= 4 is 15.9 Å². The first-order valence-corrected chi connectivity index (χ1v) is 23.6. The number of rotatable bonds is 24. The lowest BCUT2D eigenvalue weighted by molar-refractivity contribution is 0.297. The summed E-state index contributed by atoms with van der Waals surface area (Å²) >= 11 is 3.54. The highest BCUT2D eigenvalue weighted by atomic mass is 79.9. The third kappa shape index (κ3) is 24.4. The van der Waals surface area contributed by atoms with Crippen LogP contribution in [0.25, 0.3) is 0 Å². The molecule has 0 unspecified atom stereocenters. The Kier molecular flexibility index (Phi) is 31.4. The van der Waals surface area contributed by atoms with Gasteiger partial charge >= 0.3 is 0 Å². The molecule has 60 heavy (non-hydrogen) atoms. The summed E-state index contributed by atoms with van der Waals surface area (Å²) < 4.78 is 35.4. The third-order valence-electron chi connectivity index (χ3n) is 9.33. The van der Waals surface area contributed by atoms with Gasteiger partial charge in [0.15, 0.2) is 0 Å². The van der Waals surface area contributed by atoms with Crippen LogP contribution in [0, 0.1) is 34.6 Å². The summed E-state index contributed by atoms with van der Waals surface area (Å²) in [5, 5.41) is 0. The number of hydrogen-bond acceptors (Lipinski definition) is 6. The van der Waals surface area contributed by atoms with Crippen molar-refractivity contribution in [1.82, 2.24) is 0 Å². The molecule has 7 heteroatoms. The lowest BCUT2D eigenvalue weighted by Gasteiger charge is -2.14. The first-order chi connectivity index (χ1) is 29.0. The minimum atomic E-state index is 0.768. The molecule has 0 amide bonds. The van der Waals surface area contributed by atoms with Gasteiger partial charge < -0.3 is 28.4 Å². The van der Waals surface area contributed by atoms with E-state index >= 15 is 0 Å². The molecule has 336 valence electrons. The van der Waals surface area contributed by atoms with Crippen molar-refractivity contribution in [2.24, 2.45) is 0 Å². The van der Waals surface area contributed by atoms with Gasteiger partial charge in [-0.1, -0.05) is 116 Å². The van der Waals surface area contributed by atoms with Crippen LogP contribution in [0.4, 0.5) is 0 Å². The Balaban J connectivity index is 0.000000415. The van der Waals surface area contributed by atoms with Gasteiger partial charge in [0.05, 0.1) is 44.1 Å². The van der Waals surface area contributed by atoms with E-state index in [2.05, 4.69) is 122 Å². The molecule has 0 aliphatic heterocycles. The SMILES string of the molecule is CCCCOc1cc(Br)c(OCCCC)cc1C.CCCCOc1cc(C)c(OCCCC)cc1C.CCCCOc1ccc(OCCCC)c(C)c1.Cc1ccccc1. The molecular weight excluding hydrogens is 812 g/mol. The molecule has 0 saturated carbocycles. The Bertz CT molecular complexity index is 1510. The summed E-state index contributed by atoms with van der Waals surface area (Å²) in [6.45, 7) is 28.1. The molecular formula is C53H81BrO6. The average Bonchev–Trinajstić information content (AvgIpc) is 3.23. The molecule has 0 saturated heterocycles. The second-order valence-corrected chi connectivity index (χ2v) is 16.1. The highest BCUT2D eigenvalue weighted by Gasteiger charge is 2.09. The van der Waals surface area contributed by atoms with Crippen LogP contribution < -0.4 is 28.4 Å². The maximum atomic E-state index is 5.78. The predicted octanol–water partition coefficient (Wildman–Crippen LogP) is 16.1. The fraction of sp³-hybridized carbons (Fsp3) is 0.547. The molecule has 0 heterocycles. The molecule has 0 aromatic heterocycles. The van der Waals surface area contributed by atoms with Gasteiger partial charge in [-0.25, -0.2) is 0 Å². The summed E-state index contributed by atoms with van der Waals surface area (Å²) in [7, 11) is 0. The van der Waals surface area contributed by atoms with Gasteiger partial charge in [-0.3, -0.25) is 0 Å². The Morgan fingerprint density at radius 3 is 1.05 bits per heavy atom. The van der Waals surface area contributed by atoms with E-state index in [1.54, 1.807) is 0 Å². The quantitative estimate of drug-likeness (QED) is 0.0653. The maximum Gasteiger partial charge on any atom is 0.134 e. The largest absolute Gasteiger partial charge is 0.494 e. The second-order valence-electron chi connectivity index (χ2n) is 15.2. The summed E-state index contributed by atoms with van der Waals surface area (Å²) in [6.07, 6.45) is 13.5. The Morgan fingerprint density at radius 1 is 0.350 bits per heavy atom. The average molecular weight is 894 g/mol. The topological polar surface area (TPSA) is 55.4 Å². The highest BCUT2D eigenvalue weighted by molar-refractivity contribution is 9.10. The summed E-state index contributed by atoms with van der Waals surface area (Å²) in [5.41, 5.74) is 5.91. The molecule has 0 aliphatic rings. The smallest absolute Gasteiger partial charge is 0.134 e. The molecule has 0 fully saturated rings. The number of halogens is 1. The molecule has 0 spiro atoms. The molecule has 4 rings (SSSR count). The zero-order valence-electron chi connectivity index (χ0n) is 39.5. The fourth-order valence-corrected chi connectivity index (χ4v) is 5.79. The van der Waals surface area contributed by atoms with Crippen LogP contribution in [-0.2, 0) is 0 Å². The van der Waals surface area contributed by atoms with Gasteiger partial charge in [-0.15, -0.1) is 0 Å². The van der Waals surface area contributed by atoms with E-state index in [1.165, 1.54) is 5.56 Å². The van der Waals surface area contributed by atoms with Crippen molar-refractivity contribution in [1.29, 1.82) is 0 Å². The van der Waals surface area contributed by atoms with Gasteiger partial charge in [-0.05, 0) is 154 Å². The van der Waals surface area contributed by atoms with E-state index in [0.717, 1.165) is 178 Å². The normalized spacial score (nSPS) is 10.2. The van der Waals surface area contributed by atoms with Crippen molar-refractivity contribution < 1.29 is 28.4 Å². The van der Waals surface area contributed by atoms with Crippen LogP contribution in [0.15, 0.2) is 77.3 Å². The maximum absolute atomic E-state index is 5.78. The summed E-state index contributed by atoms with van der Waals surface area (Å²) in [5.74, 6) is 5.75. The van der Waals surface area contributed by atoms with E-state index < -0.39 is 0 Å². The summed E-state index contributed by atoms with van der Waals surface area (Å²) in [4.78, 5) is 0. The van der Waals surface area contributed by atoms with Crippen LogP contribution in [0.1, 0.15) is 146 Å². The van der Waals surface area contributed by atoms with Gasteiger partial charge in [0.1, 0.15) is 34.5 Å². The lowest BCUT2D eigenvalue weighted by Crippen LogP contribution is -2.02. The fourth-order valence-electron chi connectivity index (χ4n) is 5.35. The van der Waals surface area contributed by atoms with E-state index in [-0.39, 0.29) is 0 Å². The zero-order valence-corrected chi connectivity index (χ0v) is 41.1. The van der Waals surface area contributed by atoms with E-state index in [0.29, 0.717) is 0 Å². The molecule has 0 aliphatic carbocycles. The van der Waals surface area contributed by atoms with E-state index in [9.17, 15) is 0 Å². The number of benzene rings is 4. The number of unbranched alkanes of at least 4 members (excludes halogenated alkanes) is 6. The van der Waals surface area contributed by atoms with Gasteiger partial charge in [0.25, 0.3) is 0 Å². The van der Waals surface area contributed by atoms with Crippen molar-refractivity contribution in [3.05, 3.63) is 105 Å². The lowest BCUT2D eigenvalue weighted by atomic mass is 10.1. The van der Waals surface area contributed by atoms with Crippen molar-refractivity contribution in [2.45, 2.75) is 153 Å². The van der Waals surface area contributed by atoms with Crippen LogP contribution >= 0.6 is 15.9 Å². The standard InChI is InChI=1S/C16H26O2.C15H23BrO2.C15H24O2.C7H8/c1-5-7-9-17-15-11-14(4)16(12-13(15)3)18-10-8-6-2;1-4-6-8-17-14-11-13(16)15(10-12(14)3)18-9-7-5-2;1-4-6-10-16-14-8-9-15(13(3)12-14)17-11-7-5-2;1-7-5-3-2-4-6-7/h11-12H,5-10H2,1-4H3;10-11H,4-9H2,1-3H3;8-9,12H,4-7,10-11H2,1-3H3;2-6H,1H3. The second kappa shape index (κ2) is 34.8. The van der Waals surface area contributed by atoms with Gasteiger partial charge in [-0.2, -0.15) is 0 Å². The summed E-state index contributed by atoms with van der Waals surface area (Å²) in [6, 6.07) is 24.5. The molecule has 0 bridgehead atoms. The third-order valence-corrected chi connectivity index (χ3v) is 9.95. The van der Waals surface area contributed by atoms with Gasteiger partial charge in [0.2, 0.25) is 0 Å². The minimum Gasteiger partial charge on any atom is -0.494 e. The van der Waals surface area contributed by atoms with Crippen molar-refractivity contribution in [3.8, 4) is 34.5 Å². The predicted molar refractivity (Wildman–Crippen MR) is 260 cm³/mol. The number of ether oxygens (including phenoxy) is 6. The monoisotopic (exact) mass is 893 g/mol. The van der Waals surface area contributed by atoms with Crippen LogP contribution in [0.2, 0.25) is 0 Å². The van der Waals surface area contributed by atoms with Gasteiger partial charge in [0, 0.05) is 0 Å². The molecule has 4 aromatic carbocycles. The van der Waals surface area contributed by atoms with E-state index in [4.69, 9.17) is 28.4 Å². The van der Waals surface area contributed by atoms with Crippen LogP contribution in [-0.4, -0.2) is 39.6 Å². The molecule has 0 N–H and O–H groups in total. The Labute approximate surface area is 375 Å². The van der Waals surface area contributed by atoms with Crippen LogP contribution in [0.5, 0.6) is 34.5 Å². The highest BCUT2D eigenvalue weighted by Crippen LogP contribution is 2.33. The van der Waals surface area contributed by atoms with E-state index in [1.807, 2.05) is 42.5 Å².